The van der Waals surface area contributed by atoms with Gasteiger partial charge in [0.2, 0.25) is 5.89 Å². The molecule has 3 rings (SSSR count). The van der Waals surface area contributed by atoms with Gasteiger partial charge in [0.1, 0.15) is 12.0 Å². The zero-order valence-electron chi connectivity index (χ0n) is 10.7. The number of aromatic nitrogens is 1. The van der Waals surface area contributed by atoms with Gasteiger partial charge in [-0.15, -0.1) is 0 Å². The number of nitrogens with zero attached hydrogens (tertiary/aromatic N) is 1. The maximum absolute atomic E-state index is 6.17. The summed E-state index contributed by atoms with van der Waals surface area (Å²) in [7, 11) is 0. The zero-order chi connectivity index (χ0) is 13.9. The Kier molecular flexibility index (Phi) is 4.15. The first kappa shape index (κ1) is 13.7. The monoisotopic (exact) mass is 312 g/mol. The molecule has 6 heteroatoms. The molecule has 0 radical (unpaired) electrons. The highest BCUT2D eigenvalue weighted by molar-refractivity contribution is 6.35. The lowest BCUT2D eigenvalue weighted by Gasteiger charge is -2.22. The summed E-state index contributed by atoms with van der Waals surface area (Å²) in [5.41, 5.74) is 0. The van der Waals surface area contributed by atoms with Crippen molar-refractivity contribution in [1.82, 2.24) is 10.3 Å². The van der Waals surface area contributed by atoms with Crippen LogP contribution < -0.4 is 10.1 Å². The predicted molar refractivity (Wildman–Crippen MR) is 77.3 cm³/mol. The highest BCUT2D eigenvalue weighted by Gasteiger charge is 2.31. The third-order valence-electron chi connectivity index (χ3n) is 3.37. The van der Waals surface area contributed by atoms with Crippen LogP contribution in [0.25, 0.3) is 0 Å². The third-order valence-corrected chi connectivity index (χ3v) is 3.90. The molecule has 20 heavy (non-hydrogen) atoms. The number of halogens is 2. The second-order valence-electron chi connectivity index (χ2n) is 4.74. The van der Waals surface area contributed by atoms with Gasteiger partial charge in [0, 0.05) is 17.5 Å². The molecule has 2 aromatic rings. The highest BCUT2D eigenvalue weighted by Crippen LogP contribution is 2.35. The lowest BCUT2D eigenvalue weighted by Crippen LogP contribution is -2.21. The molecular weight excluding hydrogens is 299 g/mol. The van der Waals surface area contributed by atoms with Crippen LogP contribution in [0, 0.1) is 5.92 Å². The van der Waals surface area contributed by atoms with Crippen molar-refractivity contribution in [3.63, 3.8) is 0 Å². The molecule has 1 saturated heterocycles. The quantitative estimate of drug-likeness (QED) is 0.935. The number of ether oxygens (including phenoxy) is 1. The van der Waals surface area contributed by atoms with Crippen molar-refractivity contribution in [1.29, 1.82) is 0 Å². The Morgan fingerprint density at radius 1 is 1.40 bits per heavy atom. The molecule has 1 aromatic carbocycles. The average molecular weight is 313 g/mol. The van der Waals surface area contributed by atoms with Gasteiger partial charge in [-0.05, 0) is 31.2 Å². The van der Waals surface area contributed by atoms with Gasteiger partial charge in [-0.1, -0.05) is 23.2 Å². The van der Waals surface area contributed by atoms with Crippen molar-refractivity contribution in [2.24, 2.45) is 5.92 Å². The maximum atomic E-state index is 6.17. The molecule has 2 heterocycles. The molecule has 4 nitrogen and oxygen atoms in total. The molecule has 1 aromatic heterocycles. The molecule has 0 bridgehead atoms. The van der Waals surface area contributed by atoms with Crippen LogP contribution in [-0.2, 0) is 0 Å². The van der Waals surface area contributed by atoms with E-state index in [9.17, 15) is 0 Å². The minimum absolute atomic E-state index is 0.251. The fraction of sp³-hybridized carbons (Fsp3) is 0.357. The lowest BCUT2D eigenvalue weighted by atomic mass is 10.0. The number of oxazole rings is 1. The molecule has 0 saturated carbocycles. The van der Waals surface area contributed by atoms with E-state index in [4.69, 9.17) is 32.4 Å². The lowest BCUT2D eigenvalue weighted by molar-refractivity contribution is 0.114. The van der Waals surface area contributed by atoms with Gasteiger partial charge in [0.25, 0.3) is 0 Å². The summed E-state index contributed by atoms with van der Waals surface area (Å²) in [5.74, 6) is 1.47. The van der Waals surface area contributed by atoms with Crippen molar-refractivity contribution >= 4 is 23.2 Å². The molecule has 1 fully saturated rings. The standard InChI is InChI=1S/C14H14Cl2N2O2/c15-10-1-2-12(11(16)7-10)20-13(9-3-4-17-8-9)14-18-5-6-19-14/h1-2,5-7,9,13,17H,3-4,8H2/t9-,13?/m0/s1. The van der Waals surface area contributed by atoms with Crippen LogP contribution in [0.15, 0.2) is 35.1 Å². The van der Waals surface area contributed by atoms with Crippen LogP contribution in [-0.4, -0.2) is 18.1 Å². The molecule has 0 amide bonds. The summed E-state index contributed by atoms with van der Waals surface area (Å²) in [4.78, 5) is 4.22. The first-order valence-electron chi connectivity index (χ1n) is 6.46. The third kappa shape index (κ3) is 2.92. The topological polar surface area (TPSA) is 47.3 Å². The summed E-state index contributed by atoms with van der Waals surface area (Å²) in [6, 6.07) is 5.18. The van der Waals surface area contributed by atoms with Crippen molar-refractivity contribution in [2.45, 2.75) is 12.5 Å². The maximum Gasteiger partial charge on any atom is 0.235 e. The van der Waals surface area contributed by atoms with Gasteiger partial charge in [0.05, 0.1) is 11.2 Å². The van der Waals surface area contributed by atoms with Gasteiger partial charge in [-0.3, -0.25) is 0 Å². The van der Waals surface area contributed by atoms with E-state index in [1.54, 1.807) is 30.7 Å². The average Bonchev–Trinajstić information content (AvgIpc) is 3.11. The van der Waals surface area contributed by atoms with E-state index >= 15 is 0 Å². The highest BCUT2D eigenvalue weighted by atomic mass is 35.5. The van der Waals surface area contributed by atoms with E-state index in [0.717, 1.165) is 19.5 Å². The number of hydrogen-bond donors (Lipinski definition) is 1. The van der Waals surface area contributed by atoms with Crippen LogP contribution in [0.2, 0.25) is 10.0 Å². The van der Waals surface area contributed by atoms with E-state index in [-0.39, 0.29) is 6.10 Å². The fourth-order valence-corrected chi connectivity index (χ4v) is 2.82. The molecule has 1 N–H and O–H groups in total. The number of benzene rings is 1. The molecule has 2 atom stereocenters. The minimum Gasteiger partial charge on any atom is -0.479 e. The van der Waals surface area contributed by atoms with Gasteiger partial charge >= 0.3 is 0 Å². The first-order valence-corrected chi connectivity index (χ1v) is 7.21. The van der Waals surface area contributed by atoms with Crippen LogP contribution >= 0.6 is 23.2 Å². The Morgan fingerprint density at radius 2 is 2.30 bits per heavy atom. The Balaban J connectivity index is 1.86. The Bertz CT molecular complexity index is 569. The SMILES string of the molecule is Clc1ccc(OC(c2ncco2)[C@H]2CCNC2)c(Cl)c1. The largest absolute Gasteiger partial charge is 0.479 e. The first-order chi connectivity index (χ1) is 9.74. The van der Waals surface area contributed by atoms with Gasteiger partial charge in [-0.2, -0.15) is 0 Å². The van der Waals surface area contributed by atoms with Crippen molar-refractivity contribution in [3.05, 3.63) is 46.6 Å². The predicted octanol–water partition coefficient (Wildman–Crippen LogP) is 3.71. The summed E-state index contributed by atoms with van der Waals surface area (Å²) in [6.45, 7) is 1.85. The van der Waals surface area contributed by atoms with E-state index in [1.807, 2.05) is 0 Å². The van der Waals surface area contributed by atoms with Crippen LogP contribution in [0.5, 0.6) is 5.75 Å². The number of hydrogen-bond acceptors (Lipinski definition) is 4. The summed E-state index contributed by atoms with van der Waals surface area (Å²) in [5, 5.41) is 4.39. The minimum atomic E-state index is -0.251. The molecule has 1 aliphatic rings. The summed E-state index contributed by atoms with van der Waals surface area (Å²) < 4.78 is 11.5. The second-order valence-corrected chi connectivity index (χ2v) is 5.58. The molecule has 0 spiro atoms. The molecule has 0 aliphatic carbocycles. The van der Waals surface area contributed by atoms with Crippen molar-refractivity contribution in [2.75, 3.05) is 13.1 Å². The Morgan fingerprint density at radius 3 is 2.95 bits per heavy atom. The zero-order valence-corrected chi connectivity index (χ0v) is 12.2. The van der Waals surface area contributed by atoms with E-state index < -0.39 is 0 Å². The Labute approximate surface area is 127 Å². The smallest absolute Gasteiger partial charge is 0.235 e. The number of rotatable bonds is 4. The van der Waals surface area contributed by atoms with Gasteiger partial charge in [-0.25, -0.2) is 4.98 Å². The molecule has 1 aliphatic heterocycles. The van der Waals surface area contributed by atoms with Crippen molar-refractivity contribution < 1.29 is 9.15 Å². The van der Waals surface area contributed by atoms with Gasteiger partial charge in [0.15, 0.2) is 6.10 Å². The van der Waals surface area contributed by atoms with Crippen molar-refractivity contribution in [3.8, 4) is 5.75 Å². The van der Waals surface area contributed by atoms with Crippen LogP contribution in [0.3, 0.4) is 0 Å². The second kappa shape index (κ2) is 6.04. The summed E-state index contributed by atoms with van der Waals surface area (Å²) >= 11 is 12.1. The fourth-order valence-electron chi connectivity index (χ4n) is 2.37. The van der Waals surface area contributed by atoms with Crippen LogP contribution in [0.1, 0.15) is 18.4 Å². The normalized spacial score (nSPS) is 20.0. The van der Waals surface area contributed by atoms with E-state index in [0.29, 0.717) is 27.6 Å². The molecule has 1 unspecified atom stereocenters. The van der Waals surface area contributed by atoms with E-state index in [1.165, 1.54) is 0 Å². The Hall–Kier alpha value is -1.23. The summed E-state index contributed by atoms with van der Waals surface area (Å²) in [6.07, 6.45) is 3.94. The van der Waals surface area contributed by atoms with Gasteiger partial charge < -0.3 is 14.5 Å². The number of nitrogens with one attached hydrogen (secondary N) is 1. The van der Waals surface area contributed by atoms with Crippen LogP contribution in [0.4, 0.5) is 0 Å². The molecular formula is C14H14Cl2N2O2. The van der Waals surface area contributed by atoms with E-state index in [2.05, 4.69) is 10.3 Å². The molecule has 106 valence electrons.